The number of ether oxygens (including phenoxy) is 1. The number of fused-ring (bicyclic) bond motifs is 2. The predicted molar refractivity (Wildman–Crippen MR) is 183 cm³/mol. The summed E-state index contributed by atoms with van der Waals surface area (Å²) in [5, 5.41) is 40.2. The van der Waals surface area contributed by atoms with Gasteiger partial charge in [-0.3, -0.25) is 0 Å². The molecule has 1 aromatic heterocycles. The van der Waals surface area contributed by atoms with E-state index in [2.05, 4.69) is 35.8 Å². The van der Waals surface area contributed by atoms with Gasteiger partial charge in [0.15, 0.2) is 5.75 Å². The van der Waals surface area contributed by atoms with E-state index in [4.69, 9.17) is 16.3 Å². The van der Waals surface area contributed by atoms with Gasteiger partial charge in [-0.05, 0) is 127 Å². The molecule has 0 aliphatic rings. The van der Waals surface area contributed by atoms with Gasteiger partial charge in [-0.25, -0.2) is 0 Å². The molecule has 0 amide bonds. The zero-order chi connectivity index (χ0) is 32.7. The molecule has 232 valence electrons. The zero-order valence-electron chi connectivity index (χ0n) is 26.2. The molecule has 0 saturated heterocycles. The van der Waals surface area contributed by atoms with Crippen LogP contribution in [0.2, 0.25) is 5.28 Å². The van der Waals surface area contributed by atoms with E-state index in [9.17, 15) is 10.2 Å². The van der Waals surface area contributed by atoms with E-state index in [1.807, 2.05) is 83.1 Å². The van der Waals surface area contributed by atoms with Crippen molar-refractivity contribution in [1.29, 1.82) is 0 Å². The van der Waals surface area contributed by atoms with E-state index in [1.54, 1.807) is 19.2 Å². The van der Waals surface area contributed by atoms with Crippen LogP contribution in [-0.2, 0) is 0 Å². The van der Waals surface area contributed by atoms with Gasteiger partial charge < -0.3 is 25.6 Å². The third kappa shape index (κ3) is 5.94. The van der Waals surface area contributed by atoms with E-state index in [0.717, 1.165) is 38.6 Å². The van der Waals surface area contributed by atoms with Crippen LogP contribution in [0.25, 0.3) is 21.5 Å². The number of benzene rings is 5. The van der Waals surface area contributed by atoms with Gasteiger partial charge >= 0.3 is 0 Å². The Labute approximate surface area is 270 Å². The van der Waals surface area contributed by atoms with Gasteiger partial charge in [0.1, 0.15) is 22.9 Å². The Morgan fingerprint density at radius 3 is 2.13 bits per heavy atom. The van der Waals surface area contributed by atoms with Crippen molar-refractivity contribution in [3.8, 4) is 17.2 Å². The minimum absolute atomic E-state index is 0.0100. The SMILES string of the molecule is COc1ccc(C)cc1N=Nc1c(C)cc2c(C)c(Nc3nc(Cl)nc(Nc4cc(C)cc5cc(C)cc(O)c45)n3)ccc2c1O. The molecule has 0 atom stereocenters. The number of phenolic OH excluding ortho intramolecular Hbond substituents is 2. The van der Waals surface area contributed by atoms with Gasteiger partial charge in [0.2, 0.25) is 17.2 Å². The molecule has 4 N–H and O–H groups in total. The van der Waals surface area contributed by atoms with Crippen LogP contribution >= 0.6 is 11.6 Å². The standard InChI is InChI=1S/C35H32ClN7O3/c1-17-7-10-29(46-6)26(13-17)42-43-31-20(4)16-24-21(5)25(9-8-23(24)32(31)45)37-34-39-33(36)40-35(41-34)38-27-14-18(2)11-22-12-19(3)15-28(44)30(22)27/h7-16,44-45H,1-6H3,(H2,37,38,39,40,41). The fourth-order valence-electron chi connectivity index (χ4n) is 5.55. The summed E-state index contributed by atoms with van der Waals surface area (Å²) < 4.78 is 5.41. The van der Waals surface area contributed by atoms with E-state index in [0.29, 0.717) is 39.3 Å². The van der Waals surface area contributed by atoms with Crippen LogP contribution in [0.3, 0.4) is 0 Å². The van der Waals surface area contributed by atoms with Gasteiger partial charge in [0.05, 0.1) is 12.8 Å². The molecule has 0 aliphatic heterocycles. The van der Waals surface area contributed by atoms with Gasteiger partial charge in [0, 0.05) is 16.5 Å². The fraction of sp³-hybridized carbons (Fsp3) is 0.171. The Balaban J connectivity index is 1.32. The quantitative estimate of drug-likeness (QED) is 0.127. The maximum absolute atomic E-state index is 11.3. The number of anilines is 4. The molecule has 46 heavy (non-hydrogen) atoms. The van der Waals surface area contributed by atoms with Crippen LogP contribution in [0.5, 0.6) is 17.2 Å². The molecule has 10 nitrogen and oxygen atoms in total. The Morgan fingerprint density at radius 2 is 1.41 bits per heavy atom. The van der Waals surface area contributed by atoms with Crippen LogP contribution in [0.4, 0.5) is 34.6 Å². The van der Waals surface area contributed by atoms with Crippen molar-refractivity contribution < 1.29 is 14.9 Å². The first-order chi connectivity index (χ1) is 22.0. The summed E-state index contributed by atoms with van der Waals surface area (Å²) in [5.41, 5.74) is 6.89. The number of methoxy groups -OCH3 is 1. The number of hydrogen-bond acceptors (Lipinski definition) is 10. The highest BCUT2D eigenvalue weighted by Crippen LogP contribution is 2.42. The van der Waals surface area contributed by atoms with Crippen LogP contribution < -0.4 is 15.4 Å². The van der Waals surface area contributed by atoms with Crippen molar-refractivity contribution in [3.05, 3.63) is 93.8 Å². The number of halogens is 1. The number of nitrogens with zero attached hydrogens (tertiary/aromatic N) is 5. The average Bonchev–Trinajstić information content (AvgIpc) is 2.98. The van der Waals surface area contributed by atoms with E-state index < -0.39 is 0 Å². The molecule has 0 spiro atoms. The van der Waals surface area contributed by atoms with Crippen LogP contribution in [0.1, 0.15) is 27.8 Å². The predicted octanol–water partition coefficient (Wildman–Crippen LogP) is 9.70. The molecule has 0 aliphatic carbocycles. The smallest absolute Gasteiger partial charge is 0.233 e. The van der Waals surface area contributed by atoms with Crippen LogP contribution in [0.15, 0.2) is 70.9 Å². The second-order valence-corrected chi connectivity index (χ2v) is 11.6. The second kappa shape index (κ2) is 12.1. The fourth-order valence-corrected chi connectivity index (χ4v) is 5.71. The van der Waals surface area contributed by atoms with Gasteiger partial charge in [-0.1, -0.05) is 18.2 Å². The van der Waals surface area contributed by atoms with Crippen molar-refractivity contribution in [2.45, 2.75) is 34.6 Å². The first kappa shape index (κ1) is 30.5. The van der Waals surface area contributed by atoms with Crippen molar-refractivity contribution in [1.82, 2.24) is 15.0 Å². The molecule has 5 aromatic carbocycles. The topological polar surface area (TPSA) is 137 Å². The highest BCUT2D eigenvalue weighted by atomic mass is 35.5. The van der Waals surface area contributed by atoms with Crippen molar-refractivity contribution in [3.63, 3.8) is 0 Å². The maximum atomic E-state index is 11.3. The third-order valence-electron chi connectivity index (χ3n) is 7.74. The van der Waals surface area contributed by atoms with Crippen molar-refractivity contribution >= 4 is 67.8 Å². The Morgan fingerprint density at radius 1 is 0.717 bits per heavy atom. The van der Waals surface area contributed by atoms with Crippen LogP contribution in [0, 0.1) is 34.6 Å². The molecule has 6 aromatic rings. The number of azo groups is 1. The lowest BCUT2D eigenvalue weighted by Crippen LogP contribution is -2.05. The first-order valence-electron chi connectivity index (χ1n) is 14.5. The zero-order valence-corrected chi connectivity index (χ0v) is 26.9. The number of aromatic nitrogens is 3. The Kier molecular flexibility index (Phi) is 8.06. The Hall–Kier alpha value is -5.48. The summed E-state index contributed by atoms with van der Waals surface area (Å²) in [7, 11) is 1.58. The minimum Gasteiger partial charge on any atom is -0.507 e. The molecule has 6 rings (SSSR count). The Bertz CT molecular complexity index is 2200. The maximum Gasteiger partial charge on any atom is 0.233 e. The first-order valence-corrected chi connectivity index (χ1v) is 14.9. The van der Waals surface area contributed by atoms with E-state index in [-0.39, 0.29) is 28.7 Å². The summed E-state index contributed by atoms with van der Waals surface area (Å²) in [6.45, 7) is 9.69. The number of rotatable bonds is 7. The molecule has 0 bridgehead atoms. The highest BCUT2D eigenvalue weighted by molar-refractivity contribution is 6.28. The summed E-state index contributed by atoms with van der Waals surface area (Å²) in [6.07, 6.45) is 0. The monoisotopic (exact) mass is 633 g/mol. The van der Waals surface area contributed by atoms with E-state index >= 15 is 0 Å². The number of aryl methyl sites for hydroxylation is 5. The van der Waals surface area contributed by atoms with Crippen LogP contribution in [-0.4, -0.2) is 32.3 Å². The normalized spacial score (nSPS) is 11.5. The molecular formula is C35H32ClN7O3. The summed E-state index contributed by atoms with van der Waals surface area (Å²) >= 11 is 6.33. The largest absolute Gasteiger partial charge is 0.507 e. The van der Waals surface area contributed by atoms with Gasteiger partial charge in [0.25, 0.3) is 0 Å². The molecular weight excluding hydrogens is 602 g/mol. The molecule has 11 heteroatoms. The summed E-state index contributed by atoms with van der Waals surface area (Å²) in [6, 6.07) is 18.9. The lowest BCUT2D eigenvalue weighted by molar-refractivity contribution is 0.415. The van der Waals surface area contributed by atoms with E-state index in [1.165, 1.54) is 0 Å². The summed E-state index contributed by atoms with van der Waals surface area (Å²) in [4.78, 5) is 13.1. The average molecular weight is 634 g/mol. The molecule has 0 unspecified atom stereocenters. The molecule has 1 heterocycles. The summed E-state index contributed by atoms with van der Waals surface area (Å²) in [5.74, 6) is 1.21. The number of nitrogens with one attached hydrogen (secondary N) is 2. The minimum atomic E-state index is -0.0100. The van der Waals surface area contributed by atoms with Crippen molar-refractivity contribution in [2.24, 2.45) is 10.2 Å². The molecule has 0 saturated carbocycles. The number of hydrogen-bond donors (Lipinski definition) is 4. The van der Waals surface area contributed by atoms with Gasteiger partial charge in [-0.2, -0.15) is 15.0 Å². The third-order valence-corrected chi connectivity index (χ3v) is 7.91. The lowest BCUT2D eigenvalue weighted by atomic mass is 9.99. The van der Waals surface area contributed by atoms with Gasteiger partial charge in [-0.15, -0.1) is 10.2 Å². The van der Waals surface area contributed by atoms with Crippen molar-refractivity contribution in [2.75, 3.05) is 17.7 Å². The molecule has 0 radical (unpaired) electrons. The lowest BCUT2D eigenvalue weighted by Gasteiger charge is -2.15. The highest BCUT2D eigenvalue weighted by Gasteiger charge is 2.16. The second-order valence-electron chi connectivity index (χ2n) is 11.3. The number of aromatic hydroxyl groups is 2. The number of phenols is 2. The molecule has 0 fully saturated rings.